The first-order valence-corrected chi connectivity index (χ1v) is 11.0. The van der Waals surface area contributed by atoms with E-state index < -0.39 is 10.0 Å². The van der Waals surface area contributed by atoms with Gasteiger partial charge in [0.25, 0.3) is 0 Å². The van der Waals surface area contributed by atoms with Crippen molar-refractivity contribution >= 4 is 33.2 Å². The molecule has 3 rings (SSSR count). The summed E-state index contributed by atoms with van der Waals surface area (Å²) in [6, 6.07) is 11.7. The highest BCUT2D eigenvalue weighted by Gasteiger charge is 2.19. The Balaban J connectivity index is 1.69. The molecule has 1 aliphatic carbocycles. The molecule has 2 aromatic carbocycles. The SMILES string of the molecule is NS(=O)(=O)c1cc(NC(=O)Cc2ccccc2Cl)ccc1COCC1CCC1. The number of anilines is 1. The van der Waals surface area contributed by atoms with Crippen LogP contribution in [0.4, 0.5) is 5.69 Å². The third-order valence-electron chi connectivity index (χ3n) is 4.80. The van der Waals surface area contributed by atoms with Gasteiger partial charge in [0.2, 0.25) is 15.9 Å². The van der Waals surface area contributed by atoms with Crippen LogP contribution in [0.25, 0.3) is 0 Å². The molecule has 150 valence electrons. The fraction of sp³-hybridized carbons (Fsp3) is 0.350. The minimum absolute atomic E-state index is 0.0448. The number of carbonyl (C=O) groups excluding carboxylic acids is 1. The Kier molecular flexibility index (Phi) is 6.72. The van der Waals surface area contributed by atoms with Crippen molar-refractivity contribution in [3.63, 3.8) is 0 Å². The van der Waals surface area contributed by atoms with E-state index in [0.29, 0.717) is 34.4 Å². The Morgan fingerprint density at radius 3 is 2.57 bits per heavy atom. The lowest BCUT2D eigenvalue weighted by molar-refractivity contribution is -0.115. The molecular weight excluding hydrogens is 400 g/mol. The van der Waals surface area contributed by atoms with E-state index in [2.05, 4.69) is 5.32 Å². The molecule has 1 saturated carbocycles. The van der Waals surface area contributed by atoms with E-state index in [4.69, 9.17) is 21.5 Å². The van der Waals surface area contributed by atoms with Crippen LogP contribution in [0.3, 0.4) is 0 Å². The molecule has 28 heavy (non-hydrogen) atoms. The summed E-state index contributed by atoms with van der Waals surface area (Å²) in [4.78, 5) is 12.2. The number of benzene rings is 2. The van der Waals surface area contributed by atoms with Crippen LogP contribution in [0.2, 0.25) is 5.02 Å². The average molecular weight is 423 g/mol. The zero-order valence-electron chi connectivity index (χ0n) is 15.4. The fourth-order valence-corrected chi connectivity index (χ4v) is 4.02. The number of nitrogens with two attached hydrogens (primary N) is 1. The molecule has 1 fully saturated rings. The van der Waals surface area contributed by atoms with Crippen molar-refractivity contribution in [3.8, 4) is 0 Å². The molecule has 0 aliphatic heterocycles. The van der Waals surface area contributed by atoms with E-state index in [1.165, 1.54) is 12.5 Å². The molecule has 0 radical (unpaired) electrons. The minimum atomic E-state index is -3.95. The molecule has 0 aromatic heterocycles. The van der Waals surface area contributed by atoms with Gasteiger partial charge in [-0.3, -0.25) is 4.79 Å². The number of nitrogens with one attached hydrogen (secondary N) is 1. The highest BCUT2D eigenvalue weighted by molar-refractivity contribution is 7.89. The van der Waals surface area contributed by atoms with Crippen molar-refractivity contribution in [2.45, 2.75) is 37.2 Å². The van der Waals surface area contributed by atoms with Crippen molar-refractivity contribution in [2.75, 3.05) is 11.9 Å². The molecule has 3 N–H and O–H groups in total. The lowest BCUT2D eigenvalue weighted by Crippen LogP contribution is -2.20. The quantitative estimate of drug-likeness (QED) is 0.680. The number of primary sulfonamides is 1. The Morgan fingerprint density at radius 2 is 1.93 bits per heavy atom. The van der Waals surface area contributed by atoms with Crippen molar-refractivity contribution in [1.29, 1.82) is 0 Å². The van der Waals surface area contributed by atoms with Crippen LogP contribution in [-0.4, -0.2) is 20.9 Å². The number of halogens is 1. The number of sulfonamides is 1. The van der Waals surface area contributed by atoms with Crippen molar-refractivity contribution < 1.29 is 17.9 Å². The number of hydrogen-bond acceptors (Lipinski definition) is 4. The van der Waals surface area contributed by atoms with Gasteiger partial charge in [-0.15, -0.1) is 0 Å². The Labute approximate surface area is 170 Å². The largest absolute Gasteiger partial charge is 0.376 e. The van der Waals surface area contributed by atoms with Crippen LogP contribution < -0.4 is 10.5 Å². The summed E-state index contributed by atoms with van der Waals surface area (Å²) in [6.07, 6.45) is 3.60. The summed E-state index contributed by atoms with van der Waals surface area (Å²) >= 11 is 6.07. The molecular formula is C20H23ClN2O4S. The summed E-state index contributed by atoms with van der Waals surface area (Å²) in [7, 11) is -3.95. The van der Waals surface area contributed by atoms with Crippen LogP contribution in [0.15, 0.2) is 47.4 Å². The molecule has 2 aromatic rings. The van der Waals surface area contributed by atoms with Gasteiger partial charge in [-0.2, -0.15) is 0 Å². The molecule has 0 saturated heterocycles. The molecule has 6 nitrogen and oxygen atoms in total. The standard InChI is InChI=1S/C20H23ClN2O4S/c21-18-7-2-1-6-15(18)10-20(24)23-17-9-8-16(19(11-17)28(22,25)26)13-27-12-14-4-3-5-14/h1-2,6-9,11,14H,3-5,10,12-13H2,(H,23,24)(H2,22,25,26). The monoisotopic (exact) mass is 422 g/mol. The van der Waals surface area contributed by atoms with E-state index in [9.17, 15) is 13.2 Å². The number of carbonyl (C=O) groups is 1. The van der Waals surface area contributed by atoms with Gasteiger partial charge in [0.1, 0.15) is 0 Å². The van der Waals surface area contributed by atoms with E-state index in [1.807, 2.05) is 0 Å². The van der Waals surface area contributed by atoms with Gasteiger partial charge < -0.3 is 10.1 Å². The van der Waals surface area contributed by atoms with Crippen LogP contribution in [0, 0.1) is 5.92 Å². The maximum atomic E-state index is 12.3. The van der Waals surface area contributed by atoms with Crippen LogP contribution in [0.1, 0.15) is 30.4 Å². The summed E-state index contributed by atoms with van der Waals surface area (Å²) in [5.41, 5.74) is 1.52. The number of hydrogen-bond donors (Lipinski definition) is 2. The molecule has 0 heterocycles. The van der Waals surface area contributed by atoms with Crippen LogP contribution in [-0.2, 0) is 32.6 Å². The average Bonchev–Trinajstić information content (AvgIpc) is 2.59. The third kappa shape index (κ3) is 5.54. The molecule has 1 aliphatic rings. The second-order valence-corrected chi connectivity index (χ2v) is 8.93. The smallest absolute Gasteiger partial charge is 0.238 e. The molecule has 0 unspecified atom stereocenters. The normalized spacial score (nSPS) is 14.5. The van der Waals surface area contributed by atoms with Crippen molar-refractivity contribution in [2.24, 2.45) is 11.1 Å². The molecule has 8 heteroatoms. The summed E-state index contributed by atoms with van der Waals surface area (Å²) in [6.45, 7) is 0.774. The van der Waals surface area contributed by atoms with Gasteiger partial charge in [-0.05, 0) is 48.1 Å². The van der Waals surface area contributed by atoms with E-state index >= 15 is 0 Å². The first kappa shape index (κ1) is 20.8. The van der Waals surface area contributed by atoms with E-state index in [0.717, 1.165) is 12.8 Å². The zero-order chi connectivity index (χ0) is 20.1. The van der Waals surface area contributed by atoms with Gasteiger partial charge >= 0.3 is 0 Å². The van der Waals surface area contributed by atoms with Gasteiger partial charge in [0.15, 0.2) is 0 Å². The van der Waals surface area contributed by atoms with Gasteiger partial charge in [-0.1, -0.05) is 42.3 Å². The summed E-state index contributed by atoms with van der Waals surface area (Å²) in [5.74, 6) is 0.253. The highest BCUT2D eigenvalue weighted by atomic mass is 35.5. The second kappa shape index (κ2) is 9.05. The van der Waals surface area contributed by atoms with Gasteiger partial charge in [0, 0.05) is 17.3 Å². The lowest BCUT2D eigenvalue weighted by Gasteiger charge is -2.25. The van der Waals surface area contributed by atoms with Crippen LogP contribution >= 0.6 is 11.6 Å². The predicted octanol–water partition coefficient (Wildman–Crippen LogP) is 3.49. The minimum Gasteiger partial charge on any atom is -0.376 e. The van der Waals surface area contributed by atoms with Gasteiger partial charge in [0.05, 0.1) is 17.9 Å². The highest BCUT2D eigenvalue weighted by Crippen LogP contribution is 2.27. The zero-order valence-corrected chi connectivity index (χ0v) is 16.9. The fourth-order valence-electron chi connectivity index (χ4n) is 3.03. The summed E-state index contributed by atoms with van der Waals surface area (Å²) in [5, 5.41) is 8.55. The Hall–Kier alpha value is -1.93. The molecule has 1 amide bonds. The number of rotatable bonds is 8. The number of ether oxygens (including phenoxy) is 1. The van der Waals surface area contributed by atoms with E-state index in [1.54, 1.807) is 36.4 Å². The Morgan fingerprint density at radius 1 is 1.18 bits per heavy atom. The molecule has 0 spiro atoms. The summed E-state index contributed by atoms with van der Waals surface area (Å²) < 4.78 is 29.6. The number of amides is 1. The van der Waals surface area contributed by atoms with Crippen LogP contribution in [0.5, 0.6) is 0 Å². The van der Waals surface area contributed by atoms with Crippen molar-refractivity contribution in [3.05, 3.63) is 58.6 Å². The van der Waals surface area contributed by atoms with Crippen molar-refractivity contribution in [1.82, 2.24) is 0 Å². The first-order valence-electron chi connectivity index (χ1n) is 9.09. The predicted molar refractivity (Wildman–Crippen MR) is 109 cm³/mol. The maximum absolute atomic E-state index is 12.3. The lowest BCUT2D eigenvalue weighted by atomic mass is 9.86. The van der Waals surface area contributed by atoms with Gasteiger partial charge in [-0.25, -0.2) is 13.6 Å². The molecule has 0 atom stereocenters. The topological polar surface area (TPSA) is 98.5 Å². The maximum Gasteiger partial charge on any atom is 0.238 e. The second-order valence-electron chi connectivity index (χ2n) is 7.00. The van der Waals surface area contributed by atoms with E-state index in [-0.39, 0.29) is 23.8 Å². The Bertz CT molecular complexity index is 958. The first-order chi connectivity index (χ1) is 13.3. The third-order valence-corrected chi connectivity index (χ3v) is 6.16. The molecule has 0 bridgehead atoms.